The van der Waals surface area contributed by atoms with Crippen LogP contribution in [0.25, 0.3) is 0 Å². The first-order valence-electron chi connectivity index (χ1n) is 8.10. The number of amides is 1. The summed E-state index contributed by atoms with van der Waals surface area (Å²) in [7, 11) is 0. The quantitative estimate of drug-likeness (QED) is 0.914. The summed E-state index contributed by atoms with van der Waals surface area (Å²) < 4.78 is 10.8. The number of para-hydroxylation sites is 1. The van der Waals surface area contributed by atoms with Crippen molar-refractivity contribution >= 4 is 17.4 Å². The van der Waals surface area contributed by atoms with Crippen LogP contribution in [0.4, 0.5) is 11.5 Å². The van der Waals surface area contributed by atoms with Crippen molar-refractivity contribution in [2.75, 3.05) is 43.1 Å². The molecule has 0 saturated carbocycles. The first kappa shape index (κ1) is 16.3. The number of rotatable bonds is 5. The number of nitrogens with zero attached hydrogens (tertiary/aromatic N) is 2. The van der Waals surface area contributed by atoms with Crippen LogP contribution in [0.15, 0.2) is 42.6 Å². The summed E-state index contributed by atoms with van der Waals surface area (Å²) in [6, 6.07) is 11.0. The number of ether oxygens (including phenoxy) is 2. The molecule has 0 radical (unpaired) electrons. The Balaban J connectivity index is 1.68. The maximum atomic E-state index is 12.5. The molecule has 1 aromatic carbocycles. The second kappa shape index (κ2) is 7.79. The third kappa shape index (κ3) is 3.83. The van der Waals surface area contributed by atoms with Crippen LogP contribution in [0.3, 0.4) is 0 Å². The lowest BCUT2D eigenvalue weighted by Gasteiger charge is -2.27. The van der Waals surface area contributed by atoms with Crippen molar-refractivity contribution in [2.24, 2.45) is 0 Å². The fourth-order valence-corrected chi connectivity index (χ4v) is 2.57. The molecular weight excluding hydrogens is 306 g/mol. The molecule has 6 nitrogen and oxygen atoms in total. The van der Waals surface area contributed by atoms with Gasteiger partial charge in [0, 0.05) is 13.1 Å². The van der Waals surface area contributed by atoms with Crippen LogP contribution in [0.5, 0.6) is 5.75 Å². The van der Waals surface area contributed by atoms with E-state index in [1.807, 2.05) is 31.2 Å². The Morgan fingerprint density at radius 1 is 1.25 bits per heavy atom. The zero-order valence-corrected chi connectivity index (χ0v) is 13.7. The smallest absolute Gasteiger partial charge is 0.259 e. The number of nitrogens with one attached hydrogen (secondary N) is 1. The number of aromatic nitrogens is 1. The molecule has 0 aliphatic carbocycles. The van der Waals surface area contributed by atoms with E-state index in [1.54, 1.807) is 18.3 Å². The van der Waals surface area contributed by atoms with Gasteiger partial charge < -0.3 is 19.7 Å². The number of anilines is 2. The van der Waals surface area contributed by atoms with E-state index in [2.05, 4.69) is 15.2 Å². The van der Waals surface area contributed by atoms with Crippen LogP contribution >= 0.6 is 0 Å². The van der Waals surface area contributed by atoms with Gasteiger partial charge in [-0.3, -0.25) is 4.79 Å². The molecule has 24 heavy (non-hydrogen) atoms. The van der Waals surface area contributed by atoms with Gasteiger partial charge in [-0.1, -0.05) is 12.1 Å². The van der Waals surface area contributed by atoms with E-state index >= 15 is 0 Å². The standard InChI is InChI=1S/C18H21N3O3/c1-2-24-16-6-4-3-5-15(16)18(22)20-14-7-8-17(19-13-14)21-9-11-23-12-10-21/h3-8,13H,2,9-12H2,1H3,(H,20,22). The summed E-state index contributed by atoms with van der Waals surface area (Å²) in [5.74, 6) is 1.27. The molecule has 2 heterocycles. The number of pyridine rings is 1. The summed E-state index contributed by atoms with van der Waals surface area (Å²) in [6.07, 6.45) is 1.67. The first-order valence-corrected chi connectivity index (χ1v) is 8.10. The Morgan fingerprint density at radius 3 is 2.75 bits per heavy atom. The van der Waals surface area contributed by atoms with Gasteiger partial charge in [-0.2, -0.15) is 0 Å². The highest BCUT2D eigenvalue weighted by Gasteiger charge is 2.14. The van der Waals surface area contributed by atoms with Gasteiger partial charge in [-0.05, 0) is 31.2 Å². The topological polar surface area (TPSA) is 63.7 Å². The summed E-state index contributed by atoms with van der Waals surface area (Å²) in [4.78, 5) is 19.0. The van der Waals surface area contributed by atoms with E-state index in [0.717, 1.165) is 18.9 Å². The van der Waals surface area contributed by atoms with Crippen LogP contribution in [0.1, 0.15) is 17.3 Å². The van der Waals surface area contributed by atoms with Crippen molar-refractivity contribution in [2.45, 2.75) is 6.92 Å². The first-order chi connectivity index (χ1) is 11.8. The van der Waals surface area contributed by atoms with E-state index in [0.29, 0.717) is 36.8 Å². The highest BCUT2D eigenvalue weighted by atomic mass is 16.5. The zero-order chi connectivity index (χ0) is 16.8. The second-order valence-corrected chi connectivity index (χ2v) is 5.39. The van der Waals surface area contributed by atoms with E-state index < -0.39 is 0 Å². The fraction of sp³-hybridized carbons (Fsp3) is 0.333. The van der Waals surface area contributed by atoms with Crippen molar-refractivity contribution in [3.8, 4) is 5.75 Å². The monoisotopic (exact) mass is 327 g/mol. The zero-order valence-electron chi connectivity index (χ0n) is 13.7. The van der Waals surface area contributed by atoms with Crippen LogP contribution in [0, 0.1) is 0 Å². The van der Waals surface area contributed by atoms with Gasteiger partial charge in [0.2, 0.25) is 0 Å². The predicted molar refractivity (Wildman–Crippen MR) is 92.8 cm³/mol. The maximum Gasteiger partial charge on any atom is 0.259 e. The van der Waals surface area contributed by atoms with Crippen molar-refractivity contribution < 1.29 is 14.3 Å². The molecule has 1 aliphatic rings. The molecule has 1 aliphatic heterocycles. The van der Waals surface area contributed by atoms with Crippen LogP contribution in [0.2, 0.25) is 0 Å². The molecular formula is C18H21N3O3. The second-order valence-electron chi connectivity index (χ2n) is 5.39. The lowest BCUT2D eigenvalue weighted by Crippen LogP contribution is -2.36. The molecule has 0 bridgehead atoms. The maximum absolute atomic E-state index is 12.5. The van der Waals surface area contributed by atoms with Crippen LogP contribution < -0.4 is 15.0 Å². The Kier molecular flexibility index (Phi) is 5.28. The Morgan fingerprint density at radius 2 is 2.04 bits per heavy atom. The van der Waals surface area contributed by atoms with Crippen molar-refractivity contribution in [3.05, 3.63) is 48.2 Å². The third-order valence-corrected chi connectivity index (χ3v) is 3.77. The van der Waals surface area contributed by atoms with E-state index in [-0.39, 0.29) is 5.91 Å². The van der Waals surface area contributed by atoms with Gasteiger partial charge in [0.1, 0.15) is 11.6 Å². The summed E-state index contributed by atoms with van der Waals surface area (Å²) in [5.41, 5.74) is 1.17. The average molecular weight is 327 g/mol. The predicted octanol–water partition coefficient (Wildman–Crippen LogP) is 2.57. The molecule has 0 unspecified atom stereocenters. The number of hydrogen-bond donors (Lipinski definition) is 1. The van der Waals surface area contributed by atoms with Gasteiger partial charge in [0.05, 0.1) is 37.3 Å². The normalized spacial score (nSPS) is 14.3. The number of carbonyl (C=O) groups is 1. The minimum Gasteiger partial charge on any atom is -0.493 e. The lowest BCUT2D eigenvalue weighted by atomic mass is 10.2. The Bertz CT molecular complexity index is 682. The Hall–Kier alpha value is -2.60. The molecule has 2 aromatic rings. The molecule has 6 heteroatoms. The minimum absolute atomic E-state index is 0.208. The SMILES string of the molecule is CCOc1ccccc1C(=O)Nc1ccc(N2CCOCC2)nc1. The van der Waals surface area contributed by atoms with E-state index in [9.17, 15) is 4.79 Å². The number of hydrogen-bond acceptors (Lipinski definition) is 5. The molecule has 3 rings (SSSR count). The van der Waals surface area contributed by atoms with Crippen LogP contribution in [-0.4, -0.2) is 43.8 Å². The van der Waals surface area contributed by atoms with Gasteiger partial charge in [-0.15, -0.1) is 0 Å². The fourth-order valence-electron chi connectivity index (χ4n) is 2.57. The third-order valence-electron chi connectivity index (χ3n) is 3.77. The highest BCUT2D eigenvalue weighted by Crippen LogP contribution is 2.20. The lowest BCUT2D eigenvalue weighted by molar-refractivity contribution is 0.102. The van der Waals surface area contributed by atoms with Crippen LogP contribution in [-0.2, 0) is 4.74 Å². The van der Waals surface area contributed by atoms with Gasteiger partial charge >= 0.3 is 0 Å². The highest BCUT2D eigenvalue weighted by molar-refractivity contribution is 6.06. The Labute approximate surface area is 141 Å². The average Bonchev–Trinajstić information content (AvgIpc) is 2.64. The van der Waals surface area contributed by atoms with Gasteiger partial charge in [0.25, 0.3) is 5.91 Å². The van der Waals surface area contributed by atoms with E-state index in [4.69, 9.17) is 9.47 Å². The summed E-state index contributed by atoms with van der Waals surface area (Å²) in [6.45, 7) is 5.51. The molecule has 126 valence electrons. The number of morpholine rings is 1. The molecule has 1 fully saturated rings. The molecule has 1 amide bonds. The molecule has 1 N–H and O–H groups in total. The molecule has 0 spiro atoms. The minimum atomic E-state index is -0.208. The number of benzene rings is 1. The van der Waals surface area contributed by atoms with Crippen molar-refractivity contribution in [1.29, 1.82) is 0 Å². The van der Waals surface area contributed by atoms with Crippen molar-refractivity contribution in [1.82, 2.24) is 4.98 Å². The molecule has 1 saturated heterocycles. The summed E-state index contributed by atoms with van der Waals surface area (Å²) in [5, 5.41) is 2.86. The van der Waals surface area contributed by atoms with Gasteiger partial charge in [-0.25, -0.2) is 4.98 Å². The number of carbonyl (C=O) groups excluding carboxylic acids is 1. The van der Waals surface area contributed by atoms with E-state index in [1.165, 1.54) is 0 Å². The molecule has 1 aromatic heterocycles. The largest absolute Gasteiger partial charge is 0.493 e. The van der Waals surface area contributed by atoms with Gasteiger partial charge in [0.15, 0.2) is 0 Å². The summed E-state index contributed by atoms with van der Waals surface area (Å²) >= 11 is 0. The van der Waals surface area contributed by atoms with Crippen molar-refractivity contribution in [3.63, 3.8) is 0 Å². The molecule has 0 atom stereocenters.